The monoisotopic (exact) mass is 294 g/mol. The van der Waals surface area contributed by atoms with E-state index in [0.717, 1.165) is 44.2 Å². The van der Waals surface area contributed by atoms with Crippen LogP contribution in [-0.4, -0.2) is 54.2 Å². The molecular formula is C17H27FN2O. The predicted octanol–water partition coefficient (Wildman–Crippen LogP) is 2.52. The van der Waals surface area contributed by atoms with Crippen LogP contribution >= 0.6 is 0 Å². The summed E-state index contributed by atoms with van der Waals surface area (Å²) in [4.78, 5) is 4.92. The minimum Gasteiger partial charge on any atom is -0.388 e. The average molecular weight is 294 g/mol. The van der Waals surface area contributed by atoms with Gasteiger partial charge in [-0.15, -0.1) is 0 Å². The van der Waals surface area contributed by atoms with E-state index in [0.29, 0.717) is 6.42 Å². The topological polar surface area (TPSA) is 26.7 Å². The van der Waals surface area contributed by atoms with Gasteiger partial charge in [-0.1, -0.05) is 26.0 Å². The van der Waals surface area contributed by atoms with E-state index in [1.165, 1.54) is 18.7 Å². The highest BCUT2D eigenvalue weighted by Crippen LogP contribution is 2.18. The van der Waals surface area contributed by atoms with E-state index >= 15 is 0 Å². The zero-order chi connectivity index (χ0) is 15.2. The fourth-order valence-electron chi connectivity index (χ4n) is 2.87. The van der Waals surface area contributed by atoms with Gasteiger partial charge < -0.3 is 14.9 Å². The second-order valence-electron chi connectivity index (χ2n) is 6.39. The van der Waals surface area contributed by atoms with Crippen molar-refractivity contribution in [2.75, 3.05) is 39.3 Å². The molecular weight excluding hydrogens is 267 g/mol. The van der Waals surface area contributed by atoms with Gasteiger partial charge in [-0.2, -0.15) is 0 Å². The van der Waals surface area contributed by atoms with E-state index in [9.17, 15) is 9.50 Å². The lowest BCUT2D eigenvalue weighted by Gasteiger charge is -2.35. The standard InChI is InChI=1S/C17H27FN2O/c1-14(2)13-20-11-9-19(10-12-20)8-7-17(21)15-3-5-16(18)6-4-15/h3-6,14,17,21H,7-13H2,1-2H3. The van der Waals surface area contributed by atoms with Crippen LogP contribution in [0.1, 0.15) is 31.9 Å². The molecule has 2 rings (SSSR count). The van der Waals surface area contributed by atoms with Crippen molar-refractivity contribution < 1.29 is 9.50 Å². The molecule has 1 aromatic carbocycles. The Kier molecular flexibility index (Phi) is 6.15. The van der Waals surface area contributed by atoms with Crippen LogP contribution in [0.4, 0.5) is 4.39 Å². The Bertz CT molecular complexity index is 413. The van der Waals surface area contributed by atoms with Crippen LogP contribution in [0.2, 0.25) is 0 Å². The first kappa shape index (κ1) is 16.4. The van der Waals surface area contributed by atoms with Gasteiger partial charge in [-0.05, 0) is 30.0 Å². The number of aliphatic hydroxyl groups excluding tert-OH is 1. The zero-order valence-corrected chi connectivity index (χ0v) is 13.1. The van der Waals surface area contributed by atoms with Gasteiger partial charge in [0.2, 0.25) is 0 Å². The van der Waals surface area contributed by atoms with Gasteiger partial charge >= 0.3 is 0 Å². The van der Waals surface area contributed by atoms with Crippen LogP contribution in [0.25, 0.3) is 0 Å². The van der Waals surface area contributed by atoms with Crippen LogP contribution in [-0.2, 0) is 0 Å². The smallest absolute Gasteiger partial charge is 0.123 e. The lowest BCUT2D eigenvalue weighted by atomic mass is 10.1. The Morgan fingerprint density at radius 3 is 2.19 bits per heavy atom. The molecule has 1 aliphatic heterocycles. The molecule has 21 heavy (non-hydrogen) atoms. The molecule has 1 aromatic rings. The molecule has 1 N–H and O–H groups in total. The third kappa shape index (κ3) is 5.38. The lowest BCUT2D eigenvalue weighted by Crippen LogP contribution is -2.47. The largest absolute Gasteiger partial charge is 0.388 e. The maximum absolute atomic E-state index is 12.9. The molecule has 4 heteroatoms. The summed E-state index contributed by atoms with van der Waals surface area (Å²) in [6.07, 6.45) is 0.204. The fraction of sp³-hybridized carbons (Fsp3) is 0.647. The van der Waals surface area contributed by atoms with Gasteiger partial charge in [0.1, 0.15) is 5.82 Å². The molecule has 0 aliphatic carbocycles. The Labute approximate surface area is 127 Å². The Hall–Kier alpha value is -0.970. The first-order chi connectivity index (χ1) is 10.0. The molecule has 1 unspecified atom stereocenters. The summed E-state index contributed by atoms with van der Waals surface area (Å²) in [7, 11) is 0. The number of hydrogen-bond acceptors (Lipinski definition) is 3. The minimum absolute atomic E-state index is 0.257. The van der Waals surface area contributed by atoms with Crippen molar-refractivity contribution in [3.05, 3.63) is 35.6 Å². The van der Waals surface area contributed by atoms with Gasteiger partial charge in [-0.25, -0.2) is 4.39 Å². The van der Waals surface area contributed by atoms with Gasteiger partial charge in [0.15, 0.2) is 0 Å². The number of aliphatic hydroxyl groups is 1. The highest BCUT2D eigenvalue weighted by atomic mass is 19.1. The molecule has 0 saturated carbocycles. The van der Waals surface area contributed by atoms with Crippen molar-refractivity contribution in [1.29, 1.82) is 0 Å². The third-order valence-electron chi connectivity index (χ3n) is 4.06. The van der Waals surface area contributed by atoms with Crippen LogP contribution in [0.15, 0.2) is 24.3 Å². The summed E-state index contributed by atoms with van der Waals surface area (Å²) in [6.45, 7) is 11.0. The molecule has 1 saturated heterocycles. The molecule has 118 valence electrons. The van der Waals surface area contributed by atoms with Crippen LogP contribution in [0.3, 0.4) is 0 Å². The van der Waals surface area contributed by atoms with Gasteiger partial charge in [0.05, 0.1) is 6.10 Å². The average Bonchev–Trinajstić information content (AvgIpc) is 2.46. The highest BCUT2D eigenvalue weighted by molar-refractivity contribution is 5.18. The summed E-state index contributed by atoms with van der Waals surface area (Å²) in [6, 6.07) is 6.15. The number of halogens is 1. The molecule has 0 radical (unpaired) electrons. The van der Waals surface area contributed by atoms with Gasteiger partial charge in [-0.3, -0.25) is 0 Å². The van der Waals surface area contributed by atoms with Crippen LogP contribution < -0.4 is 0 Å². The lowest BCUT2D eigenvalue weighted by molar-refractivity contribution is 0.0970. The quantitative estimate of drug-likeness (QED) is 0.873. The first-order valence-electron chi connectivity index (χ1n) is 7.93. The second-order valence-corrected chi connectivity index (χ2v) is 6.39. The van der Waals surface area contributed by atoms with Crippen molar-refractivity contribution in [2.45, 2.75) is 26.4 Å². The number of nitrogens with zero attached hydrogens (tertiary/aromatic N) is 2. The number of hydrogen-bond donors (Lipinski definition) is 1. The zero-order valence-electron chi connectivity index (χ0n) is 13.1. The van der Waals surface area contributed by atoms with Crippen LogP contribution in [0, 0.1) is 11.7 Å². The minimum atomic E-state index is -0.501. The summed E-state index contributed by atoms with van der Waals surface area (Å²) < 4.78 is 12.9. The Morgan fingerprint density at radius 1 is 1.05 bits per heavy atom. The molecule has 0 bridgehead atoms. The van der Waals surface area contributed by atoms with E-state index in [4.69, 9.17) is 0 Å². The summed E-state index contributed by atoms with van der Waals surface area (Å²) >= 11 is 0. The van der Waals surface area contributed by atoms with E-state index < -0.39 is 6.10 Å². The third-order valence-corrected chi connectivity index (χ3v) is 4.06. The van der Waals surface area contributed by atoms with Crippen molar-refractivity contribution in [3.8, 4) is 0 Å². The van der Waals surface area contributed by atoms with E-state index in [-0.39, 0.29) is 5.82 Å². The van der Waals surface area contributed by atoms with Crippen molar-refractivity contribution in [3.63, 3.8) is 0 Å². The second kappa shape index (κ2) is 7.87. The molecule has 1 heterocycles. The van der Waals surface area contributed by atoms with E-state index in [2.05, 4.69) is 23.6 Å². The SMILES string of the molecule is CC(C)CN1CCN(CCC(O)c2ccc(F)cc2)CC1. The fourth-order valence-corrected chi connectivity index (χ4v) is 2.87. The van der Waals surface area contributed by atoms with Crippen molar-refractivity contribution >= 4 is 0 Å². The molecule has 1 aliphatic rings. The predicted molar refractivity (Wildman–Crippen MR) is 83.7 cm³/mol. The maximum atomic E-state index is 12.9. The number of piperazine rings is 1. The van der Waals surface area contributed by atoms with Gasteiger partial charge in [0, 0.05) is 39.3 Å². The molecule has 0 spiro atoms. The summed E-state index contributed by atoms with van der Waals surface area (Å²) in [5, 5.41) is 10.2. The summed E-state index contributed by atoms with van der Waals surface area (Å²) in [5.74, 6) is 0.462. The van der Waals surface area contributed by atoms with E-state index in [1.807, 2.05) is 0 Å². The highest BCUT2D eigenvalue weighted by Gasteiger charge is 2.18. The normalized spacial score (nSPS) is 19.1. The first-order valence-corrected chi connectivity index (χ1v) is 7.93. The van der Waals surface area contributed by atoms with Crippen molar-refractivity contribution in [2.24, 2.45) is 5.92 Å². The molecule has 1 atom stereocenters. The number of rotatable bonds is 6. The molecule has 0 amide bonds. The van der Waals surface area contributed by atoms with E-state index in [1.54, 1.807) is 12.1 Å². The van der Waals surface area contributed by atoms with Crippen LogP contribution in [0.5, 0.6) is 0 Å². The molecule has 0 aromatic heterocycles. The Balaban J connectivity index is 1.70. The van der Waals surface area contributed by atoms with Crippen molar-refractivity contribution in [1.82, 2.24) is 9.80 Å². The maximum Gasteiger partial charge on any atom is 0.123 e. The molecule has 1 fully saturated rings. The Morgan fingerprint density at radius 2 is 1.62 bits per heavy atom. The van der Waals surface area contributed by atoms with Gasteiger partial charge in [0.25, 0.3) is 0 Å². The summed E-state index contributed by atoms with van der Waals surface area (Å²) in [5.41, 5.74) is 0.801. The molecule has 3 nitrogen and oxygen atoms in total. The number of benzene rings is 1.